The molecule has 1 amide bonds. The minimum Gasteiger partial charge on any atom is -0.395 e. The first-order valence-corrected chi connectivity index (χ1v) is 10.8. The van der Waals surface area contributed by atoms with E-state index < -0.39 is 40.8 Å². The molecule has 0 saturated carbocycles. The number of rotatable bonds is 6. The number of hydrogen-bond acceptors (Lipinski definition) is 5. The predicted octanol–water partition coefficient (Wildman–Crippen LogP) is 3.88. The van der Waals surface area contributed by atoms with Crippen LogP contribution in [0.3, 0.4) is 0 Å². The first-order valence-electron chi connectivity index (χ1n) is 9.85. The summed E-state index contributed by atoms with van der Waals surface area (Å²) in [6.07, 6.45) is -7.20. The van der Waals surface area contributed by atoms with Gasteiger partial charge < -0.3 is 10.4 Å². The van der Waals surface area contributed by atoms with E-state index >= 15 is 0 Å². The SMILES string of the molecule is O=C(CSc1nc(=O)n(CCO)c2c1CCCC2)Nc1cc(C(F)(F)F)cc(C(F)(F)F)c1. The van der Waals surface area contributed by atoms with Crippen LogP contribution in [0.4, 0.5) is 32.0 Å². The van der Waals surface area contributed by atoms with Gasteiger partial charge in [-0.2, -0.15) is 31.3 Å². The minimum absolute atomic E-state index is 0.0258. The van der Waals surface area contributed by atoms with Crippen LogP contribution in [0.5, 0.6) is 0 Å². The molecule has 0 atom stereocenters. The van der Waals surface area contributed by atoms with Crippen LogP contribution in [0, 0.1) is 0 Å². The number of alkyl halides is 6. The van der Waals surface area contributed by atoms with E-state index in [1.54, 1.807) is 0 Å². The lowest BCUT2D eigenvalue weighted by atomic mass is 9.97. The van der Waals surface area contributed by atoms with E-state index in [9.17, 15) is 41.0 Å². The summed E-state index contributed by atoms with van der Waals surface area (Å²) < 4.78 is 79.3. The zero-order valence-corrected chi connectivity index (χ0v) is 17.8. The Labute approximate surface area is 188 Å². The van der Waals surface area contributed by atoms with Crippen LogP contribution in [-0.2, 0) is 36.5 Å². The van der Waals surface area contributed by atoms with Crippen molar-refractivity contribution in [1.82, 2.24) is 9.55 Å². The van der Waals surface area contributed by atoms with Gasteiger partial charge in [-0.15, -0.1) is 0 Å². The molecule has 1 aliphatic rings. The third-order valence-corrected chi connectivity index (χ3v) is 6.00. The smallest absolute Gasteiger partial charge is 0.395 e. The van der Waals surface area contributed by atoms with Gasteiger partial charge in [0.25, 0.3) is 0 Å². The molecule has 0 spiro atoms. The lowest BCUT2D eigenvalue weighted by molar-refractivity contribution is -0.143. The van der Waals surface area contributed by atoms with Gasteiger partial charge in [-0.25, -0.2) is 4.79 Å². The number of nitrogens with one attached hydrogen (secondary N) is 1. The normalized spacial score (nSPS) is 14.2. The van der Waals surface area contributed by atoms with Crippen LogP contribution in [0.2, 0.25) is 0 Å². The maximum absolute atomic E-state index is 13.0. The third kappa shape index (κ3) is 6.08. The van der Waals surface area contributed by atoms with Gasteiger partial charge in [0.1, 0.15) is 5.03 Å². The second-order valence-electron chi connectivity index (χ2n) is 7.34. The van der Waals surface area contributed by atoms with Crippen molar-refractivity contribution in [3.8, 4) is 0 Å². The molecular weight excluding hydrogens is 476 g/mol. The van der Waals surface area contributed by atoms with Crippen molar-refractivity contribution >= 4 is 23.4 Å². The number of hydrogen-bond donors (Lipinski definition) is 2. The Kier molecular flexibility index (Phi) is 7.42. The van der Waals surface area contributed by atoms with Crippen molar-refractivity contribution in [2.24, 2.45) is 0 Å². The van der Waals surface area contributed by atoms with Crippen LogP contribution >= 0.6 is 11.8 Å². The Bertz CT molecular complexity index is 1070. The average Bonchev–Trinajstić information content (AvgIpc) is 2.73. The summed E-state index contributed by atoms with van der Waals surface area (Å²) in [6, 6.07) is 0.823. The van der Waals surface area contributed by atoms with E-state index in [-0.39, 0.29) is 25.0 Å². The largest absolute Gasteiger partial charge is 0.416 e. The molecular formula is C20H19F6N3O3S. The molecule has 0 unspecified atom stereocenters. The summed E-state index contributed by atoms with van der Waals surface area (Å²) in [5, 5.41) is 11.5. The monoisotopic (exact) mass is 495 g/mol. The first-order chi connectivity index (χ1) is 15.4. The van der Waals surface area contributed by atoms with E-state index in [4.69, 9.17) is 0 Å². The molecule has 13 heteroatoms. The fourth-order valence-corrected chi connectivity index (χ4v) is 4.43. The summed E-state index contributed by atoms with van der Waals surface area (Å²) in [6.45, 7) is -0.170. The molecule has 6 nitrogen and oxygen atoms in total. The number of amides is 1. The lowest BCUT2D eigenvalue weighted by Crippen LogP contribution is -2.31. The van der Waals surface area contributed by atoms with Gasteiger partial charge in [0, 0.05) is 16.9 Å². The summed E-state index contributed by atoms with van der Waals surface area (Å²) in [5.74, 6) is -1.22. The average molecular weight is 495 g/mol. The summed E-state index contributed by atoms with van der Waals surface area (Å²) in [7, 11) is 0. The molecule has 0 fully saturated rings. The molecule has 1 heterocycles. The zero-order valence-electron chi connectivity index (χ0n) is 17.0. The van der Waals surface area contributed by atoms with Gasteiger partial charge in [0.15, 0.2) is 0 Å². The van der Waals surface area contributed by atoms with Crippen LogP contribution in [-0.4, -0.2) is 32.9 Å². The number of anilines is 1. The summed E-state index contributed by atoms with van der Waals surface area (Å²) >= 11 is 0.879. The van der Waals surface area contributed by atoms with Crippen molar-refractivity contribution < 1.29 is 36.2 Å². The van der Waals surface area contributed by atoms with Crippen molar-refractivity contribution in [2.75, 3.05) is 17.7 Å². The number of halogens is 6. The number of aromatic nitrogens is 2. The zero-order chi connectivity index (χ0) is 24.4. The Morgan fingerprint density at radius 3 is 2.24 bits per heavy atom. The Balaban J connectivity index is 1.80. The van der Waals surface area contributed by atoms with Crippen molar-refractivity contribution in [1.29, 1.82) is 0 Å². The second kappa shape index (κ2) is 9.75. The van der Waals surface area contributed by atoms with Gasteiger partial charge in [-0.05, 0) is 43.9 Å². The van der Waals surface area contributed by atoms with Crippen LogP contribution in [0.15, 0.2) is 28.0 Å². The Morgan fingerprint density at radius 2 is 1.67 bits per heavy atom. The highest BCUT2D eigenvalue weighted by molar-refractivity contribution is 8.00. The molecule has 2 aromatic rings. The highest BCUT2D eigenvalue weighted by Gasteiger charge is 2.37. The quantitative estimate of drug-likeness (QED) is 0.361. The molecule has 0 bridgehead atoms. The van der Waals surface area contributed by atoms with E-state index in [2.05, 4.69) is 10.3 Å². The maximum atomic E-state index is 13.0. The van der Waals surface area contributed by atoms with Gasteiger partial charge in [0.05, 0.1) is 30.0 Å². The van der Waals surface area contributed by atoms with Crippen LogP contribution < -0.4 is 11.0 Å². The van der Waals surface area contributed by atoms with Gasteiger partial charge in [-0.1, -0.05) is 11.8 Å². The summed E-state index contributed by atoms with van der Waals surface area (Å²) in [4.78, 5) is 28.6. The first kappa shape index (κ1) is 25.1. The molecule has 2 N–H and O–H groups in total. The summed E-state index contributed by atoms with van der Waals surface area (Å²) in [5.41, 5.74) is -2.85. The van der Waals surface area contributed by atoms with Crippen molar-refractivity contribution in [3.05, 3.63) is 51.1 Å². The minimum atomic E-state index is -5.03. The highest BCUT2D eigenvalue weighted by atomic mass is 32.2. The highest BCUT2D eigenvalue weighted by Crippen LogP contribution is 2.37. The van der Waals surface area contributed by atoms with E-state index in [1.807, 2.05) is 0 Å². The molecule has 3 rings (SSSR count). The fraction of sp³-hybridized carbons (Fsp3) is 0.450. The molecule has 180 valence electrons. The van der Waals surface area contributed by atoms with Crippen LogP contribution in [0.1, 0.15) is 35.2 Å². The molecule has 0 aliphatic heterocycles. The number of carbonyl (C=O) groups is 1. The molecule has 1 aromatic heterocycles. The number of aliphatic hydroxyl groups excluding tert-OH is 1. The van der Waals surface area contributed by atoms with Gasteiger partial charge >= 0.3 is 18.0 Å². The number of carbonyl (C=O) groups excluding carboxylic acids is 1. The fourth-order valence-electron chi connectivity index (χ4n) is 3.56. The van der Waals surface area contributed by atoms with Crippen molar-refractivity contribution in [2.45, 2.75) is 49.6 Å². The number of nitrogens with zero attached hydrogens (tertiary/aromatic N) is 2. The number of benzene rings is 1. The third-order valence-electron chi connectivity index (χ3n) is 4.99. The van der Waals surface area contributed by atoms with E-state index in [0.29, 0.717) is 35.7 Å². The number of aliphatic hydroxyl groups is 1. The molecule has 33 heavy (non-hydrogen) atoms. The number of fused-ring (bicyclic) bond motifs is 1. The topological polar surface area (TPSA) is 84.2 Å². The lowest BCUT2D eigenvalue weighted by Gasteiger charge is -2.22. The second-order valence-corrected chi connectivity index (χ2v) is 8.30. The van der Waals surface area contributed by atoms with Gasteiger partial charge in [-0.3, -0.25) is 9.36 Å². The Morgan fingerprint density at radius 1 is 1.06 bits per heavy atom. The van der Waals surface area contributed by atoms with Crippen molar-refractivity contribution in [3.63, 3.8) is 0 Å². The maximum Gasteiger partial charge on any atom is 0.416 e. The van der Waals surface area contributed by atoms with E-state index in [0.717, 1.165) is 30.2 Å². The molecule has 0 saturated heterocycles. The van der Waals surface area contributed by atoms with Gasteiger partial charge in [0.2, 0.25) is 5.91 Å². The van der Waals surface area contributed by atoms with E-state index in [1.165, 1.54) is 4.57 Å². The standard InChI is InChI=1S/C20H19F6N3O3S/c21-19(22,23)11-7-12(20(24,25)26)9-13(8-11)27-16(31)10-33-17-14-3-1-2-4-15(14)29(5-6-30)18(32)28-17/h7-9,30H,1-6,10H2,(H,27,31). The van der Waals surface area contributed by atoms with Crippen LogP contribution in [0.25, 0.3) is 0 Å². The Hall–Kier alpha value is -2.54. The predicted molar refractivity (Wildman–Crippen MR) is 108 cm³/mol. The molecule has 1 aromatic carbocycles. The molecule has 1 aliphatic carbocycles. The molecule has 0 radical (unpaired) electrons. The number of thioether (sulfide) groups is 1.